The van der Waals surface area contributed by atoms with Crippen LogP contribution in [0.5, 0.6) is 0 Å². The van der Waals surface area contributed by atoms with Crippen LogP contribution >= 0.6 is 0 Å². The predicted molar refractivity (Wildman–Crippen MR) is 119 cm³/mol. The van der Waals surface area contributed by atoms with Crippen LogP contribution < -0.4 is 0 Å². The van der Waals surface area contributed by atoms with Gasteiger partial charge in [0.1, 0.15) is 0 Å². The van der Waals surface area contributed by atoms with Crippen molar-refractivity contribution in [1.82, 2.24) is 0 Å². The van der Waals surface area contributed by atoms with Gasteiger partial charge < -0.3 is 19.3 Å². The SMILES string of the molecule is C=CC(=O)O.CCOC(=O)C(=CCC(OC1=CCCC1)OC1=CCCC1)C1=CCCC1. The molecule has 0 spiro atoms. The molecule has 0 aromatic carbocycles. The number of hydrogen-bond donors (Lipinski definition) is 1. The summed E-state index contributed by atoms with van der Waals surface area (Å²) in [5.74, 6) is 0.809. The van der Waals surface area contributed by atoms with E-state index in [0.29, 0.717) is 18.6 Å². The summed E-state index contributed by atoms with van der Waals surface area (Å²) < 4.78 is 17.5. The summed E-state index contributed by atoms with van der Waals surface area (Å²) in [6.07, 6.45) is 18.8. The van der Waals surface area contributed by atoms with Crippen LogP contribution in [0, 0.1) is 0 Å². The first-order valence-corrected chi connectivity index (χ1v) is 11.2. The molecule has 0 heterocycles. The maximum Gasteiger partial charge on any atom is 0.338 e. The number of rotatable bonds is 10. The molecular weight excluding hydrogens is 396 g/mol. The smallest absolute Gasteiger partial charge is 0.338 e. The third kappa shape index (κ3) is 8.87. The third-order valence-electron chi connectivity index (χ3n) is 5.14. The monoisotopic (exact) mass is 430 g/mol. The number of carboxylic acid groups (broad SMARTS) is 1. The highest BCUT2D eigenvalue weighted by Gasteiger charge is 2.22. The Morgan fingerprint density at radius 2 is 1.58 bits per heavy atom. The summed E-state index contributed by atoms with van der Waals surface area (Å²) in [7, 11) is 0. The Morgan fingerprint density at radius 3 is 2.00 bits per heavy atom. The Morgan fingerprint density at radius 1 is 1.03 bits per heavy atom. The van der Waals surface area contributed by atoms with Crippen LogP contribution in [0.2, 0.25) is 0 Å². The summed E-state index contributed by atoms with van der Waals surface area (Å²) in [4.78, 5) is 21.6. The lowest BCUT2D eigenvalue weighted by atomic mass is 10.0. The van der Waals surface area contributed by atoms with E-state index in [1.807, 2.05) is 13.0 Å². The van der Waals surface area contributed by atoms with Crippen LogP contribution in [0.1, 0.15) is 71.1 Å². The van der Waals surface area contributed by atoms with E-state index in [1.165, 1.54) is 0 Å². The first-order chi connectivity index (χ1) is 15.0. The van der Waals surface area contributed by atoms with Crippen LogP contribution in [-0.4, -0.2) is 29.9 Å². The van der Waals surface area contributed by atoms with Crippen molar-refractivity contribution in [1.29, 1.82) is 0 Å². The maximum absolute atomic E-state index is 12.4. The van der Waals surface area contributed by atoms with E-state index in [4.69, 9.17) is 19.3 Å². The molecule has 0 unspecified atom stereocenters. The maximum atomic E-state index is 12.4. The molecule has 0 aromatic rings. The second-order valence-corrected chi connectivity index (χ2v) is 7.53. The topological polar surface area (TPSA) is 82.1 Å². The molecule has 6 nitrogen and oxygen atoms in total. The van der Waals surface area contributed by atoms with Gasteiger partial charge in [0.2, 0.25) is 6.29 Å². The van der Waals surface area contributed by atoms with E-state index in [1.54, 1.807) is 0 Å². The second kappa shape index (κ2) is 13.5. The van der Waals surface area contributed by atoms with Gasteiger partial charge in [0.15, 0.2) is 0 Å². The molecule has 31 heavy (non-hydrogen) atoms. The van der Waals surface area contributed by atoms with Gasteiger partial charge in [-0.2, -0.15) is 0 Å². The van der Waals surface area contributed by atoms with E-state index in [2.05, 4.69) is 24.8 Å². The lowest BCUT2D eigenvalue weighted by Gasteiger charge is -2.21. The summed E-state index contributed by atoms with van der Waals surface area (Å²) in [6.45, 7) is 5.19. The van der Waals surface area contributed by atoms with E-state index < -0.39 is 5.97 Å². The van der Waals surface area contributed by atoms with Crippen molar-refractivity contribution < 1.29 is 28.9 Å². The van der Waals surface area contributed by atoms with E-state index >= 15 is 0 Å². The molecule has 1 N–H and O–H groups in total. The number of hydrogen-bond acceptors (Lipinski definition) is 5. The normalized spacial score (nSPS) is 17.9. The van der Waals surface area contributed by atoms with Crippen molar-refractivity contribution in [2.45, 2.75) is 77.4 Å². The molecule has 0 radical (unpaired) electrons. The number of allylic oxidation sites excluding steroid dienone is 5. The molecule has 0 atom stereocenters. The largest absolute Gasteiger partial charge is 0.478 e. The number of carbonyl (C=O) groups excluding carboxylic acids is 1. The van der Waals surface area contributed by atoms with Gasteiger partial charge in [-0.1, -0.05) is 18.7 Å². The Balaban J connectivity index is 0.000000614. The molecule has 3 rings (SSSR count). The highest BCUT2D eigenvalue weighted by Crippen LogP contribution is 2.29. The lowest BCUT2D eigenvalue weighted by Crippen LogP contribution is -2.17. The van der Waals surface area contributed by atoms with E-state index in [9.17, 15) is 9.59 Å². The number of aliphatic carboxylic acids is 1. The molecule has 0 fully saturated rings. The van der Waals surface area contributed by atoms with Gasteiger partial charge in [0, 0.05) is 25.3 Å². The molecule has 0 aliphatic heterocycles. The fourth-order valence-electron chi connectivity index (χ4n) is 3.64. The molecule has 3 aliphatic carbocycles. The molecule has 6 heteroatoms. The summed E-state index contributed by atoms with van der Waals surface area (Å²) in [5.41, 5.74) is 1.78. The molecule has 0 aromatic heterocycles. The predicted octanol–water partition coefficient (Wildman–Crippen LogP) is 5.73. The van der Waals surface area contributed by atoms with Crippen molar-refractivity contribution in [3.63, 3.8) is 0 Å². The fraction of sp³-hybridized carbons (Fsp3) is 0.520. The van der Waals surface area contributed by atoms with Gasteiger partial charge in [-0.05, 0) is 69.6 Å². The molecule has 0 bridgehead atoms. The Bertz CT molecular complexity index is 730. The third-order valence-corrected chi connectivity index (χ3v) is 5.14. The quantitative estimate of drug-likeness (QED) is 0.271. The minimum Gasteiger partial charge on any atom is -0.478 e. The summed E-state index contributed by atoms with van der Waals surface area (Å²) >= 11 is 0. The summed E-state index contributed by atoms with van der Waals surface area (Å²) in [5, 5.41) is 7.60. The van der Waals surface area contributed by atoms with Gasteiger partial charge in [-0.25, -0.2) is 9.59 Å². The van der Waals surface area contributed by atoms with Crippen molar-refractivity contribution in [3.8, 4) is 0 Å². The Labute approximate surface area is 184 Å². The molecule has 170 valence electrons. The zero-order chi connectivity index (χ0) is 22.5. The van der Waals surface area contributed by atoms with Crippen LogP contribution in [0.25, 0.3) is 0 Å². The van der Waals surface area contributed by atoms with Gasteiger partial charge in [0.05, 0.1) is 23.7 Å². The van der Waals surface area contributed by atoms with Gasteiger partial charge >= 0.3 is 11.9 Å². The molecule has 3 aliphatic rings. The molecular formula is C25H34O6. The average Bonchev–Trinajstić information content (AvgIpc) is 3.53. The molecule has 0 saturated heterocycles. The fourth-order valence-corrected chi connectivity index (χ4v) is 3.64. The molecule has 0 amide bonds. The molecule has 0 saturated carbocycles. The van der Waals surface area contributed by atoms with Gasteiger partial charge in [0.25, 0.3) is 0 Å². The van der Waals surface area contributed by atoms with Crippen molar-refractivity contribution >= 4 is 11.9 Å². The highest BCUT2D eigenvalue weighted by atomic mass is 16.7. The number of ether oxygens (including phenoxy) is 3. The Kier molecular flexibility index (Phi) is 10.7. The van der Waals surface area contributed by atoms with Crippen LogP contribution in [0.4, 0.5) is 0 Å². The standard InChI is InChI=1S/C22H30O4.C3H4O2/c1-2-24-22(23)20(17-9-3-4-10-17)15-16-21(25-18-11-5-6-12-18)26-19-13-7-8-14-19;1-2-3(4)5/h9,11,13,15,21H,2-8,10,12,14,16H2,1H3;2H,1H2,(H,4,5). The minimum atomic E-state index is -0.981. The van der Waals surface area contributed by atoms with Crippen molar-refractivity contribution in [2.24, 2.45) is 0 Å². The Hall–Kier alpha value is -2.76. The van der Waals surface area contributed by atoms with Gasteiger partial charge in [-0.3, -0.25) is 0 Å². The van der Waals surface area contributed by atoms with Crippen molar-refractivity contribution in [2.75, 3.05) is 6.61 Å². The van der Waals surface area contributed by atoms with E-state index in [0.717, 1.165) is 81.0 Å². The zero-order valence-electron chi connectivity index (χ0n) is 18.4. The number of esters is 1. The van der Waals surface area contributed by atoms with Crippen molar-refractivity contribution in [3.05, 3.63) is 59.6 Å². The summed E-state index contributed by atoms with van der Waals surface area (Å²) in [6, 6.07) is 0. The second-order valence-electron chi connectivity index (χ2n) is 7.53. The van der Waals surface area contributed by atoms with Crippen LogP contribution in [0.15, 0.2) is 59.6 Å². The van der Waals surface area contributed by atoms with Gasteiger partial charge in [-0.15, -0.1) is 0 Å². The van der Waals surface area contributed by atoms with E-state index in [-0.39, 0.29) is 12.3 Å². The van der Waals surface area contributed by atoms with Crippen LogP contribution in [-0.2, 0) is 23.8 Å². The minimum absolute atomic E-state index is 0.237. The highest BCUT2D eigenvalue weighted by molar-refractivity contribution is 5.93. The average molecular weight is 431 g/mol. The zero-order valence-corrected chi connectivity index (χ0v) is 18.4. The first-order valence-electron chi connectivity index (χ1n) is 11.2. The first kappa shape index (κ1) is 24.5. The number of carbonyl (C=O) groups is 2. The lowest BCUT2D eigenvalue weighted by molar-refractivity contribution is -0.138. The van der Waals surface area contributed by atoms with Crippen LogP contribution in [0.3, 0.4) is 0 Å². The number of carboxylic acids is 1.